The van der Waals surface area contributed by atoms with Gasteiger partial charge in [0.05, 0.1) is 4.88 Å². The number of H-pyrrole nitrogens is 1. The topological polar surface area (TPSA) is 94.3 Å². The average molecular weight is 408 g/mol. The van der Waals surface area contributed by atoms with Crippen LogP contribution in [0.25, 0.3) is 10.9 Å². The average Bonchev–Trinajstić information content (AvgIpc) is 3.46. The Morgan fingerprint density at radius 2 is 2.07 bits per heavy atom. The standard InChI is InChI=1S/C21H20N4O3S/c26-19-17-9-13(23-20(27)18-6-3-7-29-18)11-25(17)21(28)16(24-19)8-12-10-22-15-5-2-1-4-14(12)15/h1-7,10,13,16-17,22H,8-9,11H2,(H,23,27)(H,24,26)/t13-,16-,17-/m0/s1. The fourth-order valence-electron chi connectivity index (χ4n) is 4.29. The van der Waals surface area contributed by atoms with E-state index in [1.807, 2.05) is 41.9 Å². The molecule has 148 valence electrons. The minimum Gasteiger partial charge on any atom is -0.361 e. The number of fused-ring (bicyclic) bond motifs is 2. The summed E-state index contributed by atoms with van der Waals surface area (Å²) in [5, 5.41) is 8.74. The van der Waals surface area contributed by atoms with Crippen LogP contribution in [0.1, 0.15) is 21.7 Å². The van der Waals surface area contributed by atoms with Crippen LogP contribution in [0, 0.1) is 0 Å². The summed E-state index contributed by atoms with van der Waals surface area (Å²) in [5.41, 5.74) is 2.01. The minimum atomic E-state index is -0.593. The molecule has 0 aliphatic carbocycles. The van der Waals surface area contributed by atoms with E-state index in [1.165, 1.54) is 11.3 Å². The predicted octanol–water partition coefficient (Wildman–Crippen LogP) is 1.67. The molecule has 0 spiro atoms. The second-order valence-electron chi connectivity index (χ2n) is 7.51. The molecule has 2 aliphatic rings. The molecule has 0 saturated carbocycles. The summed E-state index contributed by atoms with van der Waals surface area (Å²) in [6, 6.07) is 10.1. The third kappa shape index (κ3) is 3.19. The first kappa shape index (κ1) is 17.9. The lowest BCUT2D eigenvalue weighted by atomic mass is 10.0. The van der Waals surface area contributed by atoms with Crippen LogP contribution in [0.15, 0.2) is 48.0 Å². The van der Waals surface area contributed by atoms with Gasteiger partial charge in [-0.15, -0.1) is 11.3 Å². The third-order valence-corrected chi connectivity index (χ3v) is 6.55. The van der Waals surface area contributed by atoms with Crippen molar-refractivity contribution in [3.63, 3.8) is 0 Å². The molecule has 8 heteroatoms. The van der Waals surface area contributed by atoms with Gasteiger partial charge in [-0.1, -0.05) is 24.3 Å². The second-order valence-corrected chi connectivity index (χ2v) is 8.46. The summed E-state index contributed by atoms with van der Waals surface area (Å²) in [4.78, 5) is 43.5. The third-order valence-electron chi connectivity index (χ3n) is 5.68. The van der Waals surface area contributed by atoms with E-state index in [9.17, 15) is 14.4 Å². The van der Waals surface area contributed by atoms with Crippen LogP contribution >= 0.6 is 11.3 Å². The number of amides is 3. The van der Waals surface area contributed by atoms with Gasteiger partial charge in [0.1, 0.15) is 12.1 Å². The number of rotatable bonds is 4. The predicted molar refractivity (Wildman–Crippen MR) is 110 cm³/mol. The number of aromatic amines is 1. The van der Waals surface area contributed by atoms with Crippen molar-refractivity contribution in [3.8, 4) is 0 Å². The number of carbonyl (C=O) groups is 3. The first-order valence-corrected chi connectivity index (χ1v) is 10.5. The number of aromatic nitrogens is 1. The second kappa shape index (κ2) is 7.04. The van der Waals surface area contributed by atoms with Crippen molar-refractivity contribution < 1.29 is 14.4 Å². The van der Waals surface area contributed by atoms with Gasteiger partial charge >= 0.3 is 0 Å². The molecule has 3 N–H and O–H groups in total. The van der Waals surface area contributed by atoms with E-state index in [4.69, 9.17) is 0 Å². The number of nitrogens with one attached hydrogen (secondary N) is 3. The van der Waals surface area contributed by atoms with Gasteiger partial charge in [0.15, 0.2) is 0 Å². The van der Waals surface area contributed by atoms with Crippen molar-refractivity contribution in [2.24, 2.45) is 0 Å². The zero-order valence-corrected chi connectivity index (χ0v) is 16.4. The zero-order valence-electron chi connectivity index (χ0n) is 15.6. The first-order valence-electron chi connectivity index (χ1n) is 9.60. The van der Waals surface area contributed by atoms with Gasteiger partial charge in [-0.25, -0.2) is 0 Å². The highest BCUT2D eigenvalue weighted by Crippen LogP contribution is 2.26. The van der Waals surface area contributed by atoms with Crippen LogP contribution in [-0.4, -0.2) is 52.3 Å². The zero-order chi connectivity index (χ0) is 20.0. The van der Waals surface area contributed by atoms with Gasteiger partial charge in [0.25, 0.3) is 5.91 Å². The fraction of sp³-hybridized carbons (Fsp3) is 0.286. The van der Waals surface area contributed by atoms with E-state index >= 15 is 0 Å². The molecule has 2 saturated heterocycles. The Morgan fingerprint density at radius 3 is 2.90 bits per heavy atom. The SMILES string of the molecule is O=C(N[C@H]1C[C@H]2C(=O)N[C@@H](Cc3c[nH]c4ccccc34)C(=O)N2C1)c1cccs1. The lowest BCUT2D eigenvalue weighted by Crippen LogP contribution is -2.61. The van der Waals surface area contributed by atoms with Gasteiger partial charge in [-0.05, 0) is 29.5 Å². The highest BCUT2D eigenvalue weighted by atomic mass is 32.1. The van der Waals surface area contributed by atoms with Crippen molar-refractivity contribution in [3.05, 3.63) is 58.4 Å². The molecule has 4 heterocycles. The van der Waals surface area contributed by atoms with Gasteiger partial charge in [-0.3, -0.25) is 14.4 Å². The minimum absolute atomic E-state index is 0.0900. The van der Waals surface area contributed by atoms with Crippen LogP contribution in [0.5, 0.6) is 0 Å². The maximum atomic E-state index is 13.1. The summed E-state index contributed by atoms with van der Waals surface area (Å²) < 4.78 is 0. The van der Waals surface area contributed by atoms with Crippen molar-refractivity contribution in [2.45, 2.75) is 31.0 Å². The van der Waals surface area contributed by atoms with Crippen LogP contribution in [0.3, 0.4) is 0 Å². The normalized spacial score (nSPS) is 23.9. The Labute approximate surface area is 171 Å². The van der Waals surface area contributed by atoms with Gasteiger partial charge in [-0.2, -0.15) is 0 Å². The molecule has 5 rings (SSSR count). The van der Waals surface area contributed by atoms with E-state index in [2.05, 4.69) is 15.6 Å². The summed E-state index contributed by atoms with van der Waals surface area (Å²) in [6.45, 7) is 0.360. The van der Waals surface area contributed by atoms with Gasteiger partial charge in [0, 0.05) is 36.1 Å². The molecule has 0 radical (unpaired) electrons. The van der Waals surface area contributed by atoms with Crippen LogP contribution < -0.4 is 10.6 Å². The van der Waals surface area contributed by atoms with Gasteiger partial charge in [0.2, 0.25) is 11.8 Å². The summed E-state index contributed by atoms with van der Waals surface area (Å²) in [5.74, 6) is -0.400. The fourth-order valence-corrected chi connectivity index (χ4v) is 4.91. The van der Waals surface area contributed by atoms with Crippen molar-refractivity contribution >= 4 is 40.0 Å². The Kier molecular flexibility index (Phi) is 4.35. The number of para-hydroxylation sites is 1. The lowest BCUT2D eigenvalue weighted by Gasteiger charge is -2.34. The van der Waals surface area contributed by atoms with Crippen molar-refractivity contribution in [1.29, 1.82) is 0 Å². The smallest absolute Gasteiger partial charge is 0.261 e. The highest BCUT2D eigenvalue weighted by Gasteiger charge is 2.46. The monoisotopic (exact) mass is 408 g/mol. The molecule has 7 nitrogen and oxygen atoms in total. The number of hydrogen-bond donors (Lipinski definition) is 3. The van der Waals surface area contributed by atoms with Crippen molar-refractivity contribution in [2.75, 3.05) is 6.54 Å². The highest BCUT2D eigenvalue weighted by molar-refractivity contribution is 7.12. The molecule has 2 aromatic heterocycles. The van der Waals surface area contributed by atoms with Gasteiger partial charge < -0.3 is 20.5 Å². The van der Waals surface area contributed by atoms with E-state index in [1.54, 1.807) is 11.0 Å². The lowest BCUT2D eigenvalue weighted by molar-refractivity contribution is -0.146. The van der Waals surface area contributed by atoms with E-state index in [0.717, 1.165) is 16.5 Å². The molecule has 2 fully saturated rings. The number of nitrogens with zero attached hydrogens (tertiary/aromatic N) is 1. The molecule has 1 aromatic carbocycles. The Balaban J connectivity index is 1.30. The molecular weight excluding hydrogens is 388 g/mol. The summed E-state index contributed by atoms with van der Waals surface area (Å²) in [7, 11) is 0. The Morgan fingerprint density at radius 1 is 1.21 bits per heavy atom. The maximum Gasteiger partial charge on any atom is 0.261 e. The first-order chi connectivity index (χ1) is 14.1. The Hall–Kier alpha value is -3.13. The number of hydrogen-bond acceptors (Lipinski definition) is 4. The number of carbonyl (C=O) groups excluding carboxylic acids is 3. The molecule has 2 aliphatic heterocycles. The largest absolute Gasteiger partial charge is 0.361 e. The van der Waals surface area contributed by atoms with E-state index in [-0.39, 0.29) is 23.8 Å². The molecule has 3 aromatic rings. The molecule has 3 amide bonds. The number of benzene rings is 1. The number of piperazine rings is 1. The van der Waals surface area contributed by atoms with E-state index in [0.29, 0.717) is 24.3 Å². The molecule has 0 bridgehead atoms. The molecule has 29 heavy (non-hydrogen) atoms. The Bertz CT molecular complexity index is 1090. The van der Waals surface area contributed by atoms with Crippen molar-refractivity contribution in [1.82, 2.24) is 20.5 Å². The number of thiophene rings is 1. The molecule has 3 atom stereocenters. The molecule has 0 unspecified atom stereocenters. The van der Waals surface area contributed by atoms with E-state index < -0.39 is 12.1 Å². The molecular formula is C21H20N4O3S. The van der Waals surface area contributed by atoms with Crippen LogP contribution in [0.2, 0.25) is 0 Å². The quantitative estimate of drug-likeness (QED) is 0.613. The maximum absolute atomic E-state index is 13.1. The summed E-state index contributed by atoms with van der Waals surface area (Å²) >= 11 is 1.37. The summed E-state index contributed by atoms with van der Waals surface area (Å²) in [6.07, 6.45) is 2.77. The van der Waals surface area contributed by atoms with Crippen LogP contribution in [0.4, 0.5) is 0 Å². The van der Waals surface area contributed by atoms with Crippen LogP contribution in [-0.2, 0) is 16.0 Å².